The lowest BCUT2D eigenvalue weighted by molar-refractivity contribution is -0.137. The van der Waals surface area contributed by atoms with Crippen molar-refractivity contribution in [2.75, 3.05) is 19.7 Å². The molecule has 0 atom stereocenters. The fourth-order valence-corrected chi connectivity index (χ4v) is 3.30. The lowest BCUT2D eigenvalue weighted by atomic mass is 10.1. The molecule has 7 heteroatoms. The van der Waals surface area contributed by atoms with Crippen LogP contribution in [0.3, 0.4) is 0 Å². The fourth-order valence-electron chi connectivity index (χ4n) is 3.30. The van der Waals surface area contributed by atoms with E-state index in [1.807, 2.05) is 12.1 Å². The second-order valence-electron chi connectivity index (χ2n) is 7.24. The zero-order valence-electron chi connectivity index (χ0n) is 16.2. The van der Waals surface area contributed by atoms with Crippen molar-refractivity contribution in [3.05, 3.63) is 65.2 Å². The maximum Gasteiger partial charge on any atom is 0.416 e. The number of halogens is 3. The molecule has 0 bridgehead atoms. The quantitative estimate of drug-likeness (QED) is 0.742. The highest BCUT2D eigenvalue weighted by Gasteiger charge is 2.30. The minimum atomic E-state index is -4.44. The number of hydrogen-bond donors (Lipinski definition) is 1. The fraction of sp³-hybridized carbons (Fsp3) is 0.409. The second kappa shape index (κ2) is 9.78. The summed E-state index contributed by atoms with van der Waals surface area (Å²) in [4.78, 5) is 14.4. The number of amides is 1. The van der Waals surface area contributed by atoms with E-state index in [2.05, 4.69) is 22.3 Å². The molecule has 2 aromatic rings. The van der Waals surface area contributed by atoms with Crippen LogP contribution in [0.1, 0.15) is 36.0 Å². The molecule has 1 aliphatic heterocycles. The summed E-state index contributed by atoms with van der Waals surface area (Å²) in [6, 6.07) is 12.6. The van der Waals surface area contributed by atoms with Crippen molar-refractivity contribution in [2.24, 2.45) is 0 Å². The van der Waals surface area contributed by atoms with E-state index in [0.29, 0.717) is 6.54 Å². The van der Waals surface area contributed by atoms with Gasteiger partial charge in [0.1, 0.15) is 5.75 Å². The minimum absolute atomic E-state index is 0.0111. The first-order valence-corrected chi connectivity index (χ1v) is 9.77. The zero-order valence-corrected chi connectivity index (χ0v) is 16.2. The molecule has 1 saturated heterocycles. The Morgan fingerprint density at radius 1 is 1.00 bits per heavy atom. The van der Waals surface area contributed by atoms with Gasteiger partial charge in [-0.15, -0.1) is 0 Å². The Hall–Kier alpha value is -2.54. The molecule has 1 aliphatic rings. The molecular weight excluding hydrogens is 381 g/mol. The van der Waals surface area contributed by atoms with Gasteiger partial charge in [-0.1, -0.05) is 36.8 Å². The van der Waals surface area contributed by atoms with Gasteiger partial charge in [0, 0.05) is 13.1 Å². The van der Waals surface area contributed by atoms with Gasteiger partial charge < -0.3 is 10.1 Å². The van der Waals surface area contributed by atoms with Crippen molar-refractivity contribution in [1.29, 1.82) is 0 Å². The number of rotatable bonds is 7. The summed E-state index contributed by atoms with van der Waals surface area (Å²) in [5.74, 6) is -0.378. The second-order valence-corrected chi connectivity index (χ2v) is 7.24. The van der Waals surface area contributed by atoms with Gasteiger partial charge >= 0.3 is 6.18 Å². The Balaban J connectivity index is 1.42. The average Bonchev–Trinajstić information content (AvgIpc) is 2.72. The number of nitrogens with one attached hydrogen (secondary N) is 1. The molecule has 1 heterocycles. The van der Waals surface area contributed by atoms with Gasteiger partial charge in [0.05, 0.1) is 5.56 Å². The van der Waals surface area contributed by atoms with Crippen LogP contribution in [0.4, 0.5) is 13.2 Å². The lowest BCUT2D eigenvalue weighted by Crippen LogP contribution is -2.29. The number of likely N-dealkylation sites (tertiary alicyclic amines) is 1. The van der Waals surface area contributed by atoms with E-state index in [9.17, 15) is 18.0 Å². The van der Waals surface area contributed by atoms with Crippen molar-refractivity contribution >= 4 is 5.91 Å². The van der Waals surface area contributed by atoms with Crippen LogP contribution in [0.5, 0.6) is 5.75 Å². The first kappa shape index (κ1) is 21.2. The van der Waals surface area contributed by atoms with E-state index in [1.54, 1.807) is 0 Å². The standard InChI is InChI=1S/C22H25F3N2O2/c23-22(24,25)19-5-4-6-20(13-19)29-16-21(28)26-14-17-7-9-18(10-8-17)15-27-11-2-1-3-12-27/h4-10,13H,1-3,11-12,14-16H2,(H,26,28). The number of nitrogens with zero attached hydrogens (tertiary/aromatic N) is 1. The summed E-state index contributed by atoms with van der Waals surface area (Å²) in [6.07, 6.45) is -0.617. The summed E-state index contributed by atoms with van der Waals surface area (Å²) in [6.45, 7) is 3.23. The van der Waals surface area contributed by atoms with Gasteiger partial charge in [-0.05, 0) is 55.3 Å². The molecule has 0 aliphatic carbocycles. The molecule has 4 nitrogen and oxygen atoms in total. The smallest absolute Gasteiger partial charge is 0.416 e. The van der Waals surface area contributed by atoms with E-state index >= 15 is 0 Å². The molecular formula is C22H25F3N2O2. The number of carbonyl (C=O) groups excluding carboxylic acids is 1. The largest absolute Gasteiger partial charge is 0.484 e. The van der Waals surface area contributed by atoms with E-state index in [0.717, 1.165) is 37.3 Å². The first-order chi connectivity index (χ1) is 13.9. The van der Waals surface area contributed by atoms with E-state index in [-0.39, 0.29) is 18.3 Å². The molecule has 0 aromatic heterocycles. The minimum Gasteiger partial charge on any atom is -0.484 e. The molecule has 29 heavy (non-hydrogen) atoms. The normalized spacial score (nSPS) is 15.1. The Morgan fingerprint density at radius 3 is 2.38 bits per heavy atom. The molecule has 0 unspecified atom stereocenters. The van der Waals surface area contributed by atoms with E-state index in [1.165, 1.54) is 37.0 Å². The molecule has 0 saturated carbocycles. The Labute approximate surface area is 168 Å². The van der Waals surface area contributed by atoms with Gasteiger partial charge in [-0.25, -0.2) is 0 Å². The number of piperidine rings is 1. The van der Waals surface area contributed by atoms with Crippen molar-refractivity contribution in [3.63, 3.8) is 0 Å². The molecule has 2 aromatic carbocycles. The van der Waals surface area contributed by atoms with Gasteiger partial charge in [0.2, 0.25) is 0 Å². The maximum atomic E-state index is 12.7. The van der Waals surface area contributed by atoms with Gasteiger partial charge in [-0.2, -0.15) is 13.2 Å². The van der Waals surface area contributed by atoms with Gasteiger partial charge in [-0.3, -0.25) is 9.69 Å². The molecule has 156 valence electrons. The predicted molar refractivity (Wildman–Crippen MR) is 104 cm³/mol. The highest BCUT2D eigenvalue weighted by atomic mass is 19.4. The van der Waals surface area contributed by atoms with Crippen LogP contribution in [0.15, 0.2) is 48.5 Å². The molecule has 3 rings (SSSR count). The molecule has 1 amide bonds. The first-order valence-electron chi connectivity index (χ1n) is 9.77. The Kier molecular flexibility index (Phi) is 7.14. The highest BCUT2D eigenvalue weighted by Crippen LogP contribution is 2.31. The lowest BCUT2D eigenvalue weighted by Gasteiger charge is -2.26. The number of hydrogen-bond acceptors (Lipinski definition) is 3. The Bertz CT molecular complexity index is 800. The third-order valence-corrected chi connectivity index (χ3v) is 4.90. The van der Waals surface area contributed by atoms with Crippen molar-refractivity contribution in [3.8, 4) is 5.75 Å². The van der Waals surface area contributed by atoms with Crippen molar-refractivity contribution in [1.82, 2.24) is 10.2 Å². The summed E-state index contributed by atoms with van der Waals surface area (Å²) in [7, 11) is 0. The van der Waals surface area contributed by atoms with E-state index in [4.69, 9.17) is 4.74 Å². The maximum absolute atomic E-state index is 12.7. The molecule has 0 spiro atoms. The summed E-state index contributed by atoms with van der Waals surface area (Å²) in [5.41, 5.74) is 1.40. The zero-order chi connectivity index (χ0) is 20.7. The molecule has 0 radical (unpaired) electrons. The number of carbonyl (C=O) groups is 1. The van der Waals surface area contributed by atoms with Gasteiger partial charge in [0.25, 0.3) is 5.91 Å². The third-order valence-electron chi connectivity index (χ3n) is 4.90. The van der Waals surface area contributed by atoms with Crippen LogP contribution in [0.25, 0.3) is 0 Å². The monoisotopic (exact) mass is 406 g/mol. The summed E-state index contributed by atoms with van der Waals surface area (Å²) in [5, 5.41) is 2.72. The molecule has 1 fully saturated rings. The van der Waals surface area contributed by atoms with Crippen molar-refractivity contribution < 1.29 is 22.7 Å². The Morgan fingerprint density at radius 2 is 1.69 bits per heavy atom. The van der Waals surface area contributed by atoms with Gasteiger partial charge in [0.15, 0.2) is 6.61 Å². The topological polar surface area (TPSA) is 41.6 Å². The number of ether oxygens (including phenoxy) is 1. The van der Waals surface area contributed by atoms with Crippen LogP contribution >= 0.6 is 0 Å². The predicted octanol–water partition coefficient (Wildman–Crippen LogP) is 4.39. The highest BCUT2D eigenvalue weighted by molar-refractivity contribution is 5.77. The van der Waals surface area contributed by atoms with Crippen molar-refractivity contribution in [2.45, 2.75) is 38.5 Å². The SMILES string of the molecule is O=C(COc1cccc(C(F)(F)F)c1)NCc1ccc(CN2CCCCC2)cc1. The average molecular weight is 406 g/mol. The van der Waals surface area contributed by atoms with Crippen LogP contribution < -0.4 is 10.1 Å². The summed E-state index contributed by atoms with van der Waals surface area (Å²) < 4.78 is 43.3. The summed E-state index contributed by atoms with van der Waals surface area (Å²) >= 11 is 0. The molecule has 1 N–H and O–H groups in total. The van der Waals surface area contributed by atoms with Crippen LogP contribution in [-0.2, 0) is 24.1 Å². The third kappa shape index (κ3) is 6.78. The van der Waals surface area contributed by atoms with Crippen LogP contribution in [0, 0.1) is 0 Å². The number of alkyl halides is 3. The van der Waals surface area contributed by atoms with Crippen LogP contribution in [0.2, 0.25) is 0 Å². The van der Waals surface area contributed by atoms with Crippen LogP contribution in [-0.4, -0.2) is 30.5 Å². The van der Waals surface area contributed by atoms with E-state index < -0.39 is 11.7 Å². The number of benzene rings is 2.